The first-order valence-corrected chi connectivity index (χ1v) is 26.9. The molecule has 2 aliphatic heterocycles. The monoisotopic (exact) mass is 1000 g/mol. The molecule has 2 heterocycles. The van der Waals surface area contributed by atoms with Crippen LogP contribution in [-0.4, -0.2) is 133 Å². The van der Waals surface area contributed by atoms with Gasteiger partial charge in [-0.15, -0.1) is 11.8 Å². The van der Waals surface area contributed by atoms with E-state index >= 15 is 0 Å². The Morgan fingerprint density at radius 3 is 2.12 bits per heavy atom. The van der Waals surface area contributed by atoms with Gasteiger partial charge in [0.25, 0.3) is 9.84 Å². The summed E-state index contributed by atoms with van der Waals surface area (Å²) in [6.07, 6.45) is 3.66. The number of nitrogens with one attached hydrogen (secondary N) is 1. The van der Waals surface area contributed by atoms with Gasteiger partial charge in [-0.05, 0) is 116 Å². The van der Waals surface area contributed by atoms with Gasteiger partial charge in [0.2, 0.25) is 0 Å². The Morgan fingerprint density at radius 2 is 1.48 bits per heavy atom. The number of likely N-dealkylation sites (N-methyl/N-ethyl adjacent to an activating group) is 1. The molecule has 364 valence electrons. The molecule has 0 saturated carbocycles. The topological polar surface area (TPSA) is 110 Å². The number of hydrogen-bond donors (Lipinski definition) is 1. The molecule has 0 aromatic heterocycles. The van der Waals surface area contributed by atoms with Crippen molar-refractivity contribution in [3.05, 3.63) is 119 Å². The average Bonchev–Trinajstić information content (AvgIpc) is 3.28. The normalized spacial score (nSPS) is 18.3. The van der Waals surface area contributed by atoms with E-state index in [1.165, 1.54) is 28.5 Å². The van der Waals surface area contributed by atoms with Gasteiger partial charge in [-0.2, -0.15) is 13.2 Å². The van der Waals surface area contributed by atoms with Crippen LogP contribution in [0.1, 0.15) is 62.9 Å². The molecule has 17 heteroatoms. The van der Waals surface area contributed by atoms with Gasteiger partial charge in [-0.1, -0.05) is 68.8 Å². The van der Waals surface area contributed by atoms with Gasteiger partial charge >= 0.3 is 5.51 Å². The molecular weight excluding hydrogens is 939 g/mol. The van der Waals surface area contributed by atoms with Crippen molar-refractivity contribution in [2.24, 2.45) is 5.41 Å². The lowest BCUT2D eigenvalue weighted by Gasteiger charge is -2.39. The van der Waals surface area contributed by atoms with Crippen LogP contribution in [0.2, 0.25) is 5.02 Å². The van der Waals surface area contributed by atoms with E-state index in [1.807, 2.05) is 49.5 Å². The van der Waals surface area contributed by atoms with Crippen molar-refractivity contribution in [1.82, 2.24) is 14.7 Å². The molecule has 0 bridgehead atoms. The minimum atomic E-state index is -6.02. The summed E-state index contributed by atoms with van der Waals surface area (Å²) in [7, 11) is -8.57. The number of halogens is 4. The number of rotatable bonds is 17. The van der Waals surface area contributed by atoms with Crippen molar-refractivity contribution in [1.29, 1.82) is 0 Å². The third-order valence-corrected chi connectivity index (χ3v) is 17.4. The molecule has 0 amide bonds. The van der Waals surface area contributed by atoms with Gasteiger partial charge in [0.05, 0.1) is 10.6 Å². The maximum absolute atomic E-state index is 14.2. The maximum Gasteiger partial charge on any atom is 0.501 e. The molecule has 1 N–H and O–H groups in total. The quantitative estimate of drug-likeness (QED) is 0.0807. The molecule has 7 rings (SSSR count). The number of alkyl halides is 3. The standard InChI is InChI=1S/C49H59ClF3N5O5S3.CH4/c1-48(2)21-19-44(36-9-13-39(50)14-10-36)38(32-48)33-57-27-29-58(30-28-57)41-15-11-37(12-16-41)46(59)35-65(60,61)43-17-18-45(47(31-43)66(62,63)49(51,52)53)54-40(34-64-42-7-5-4-6-8-42)20-22-56-25-23-55(3)24-26-56;/h4-18,31,40,54H,19-30,32-35H2,1-3H3;1H4/t40-;/m1./s1. The van der Waals surface area contributed by atoms with Crippen molar-refractivity contribution in [2.45, 2.75) is 73.2 Å². The number of nitrogens with zero attached hydrogens (tertiary/aromatic N) is 4. The average molecular weight is 1000 g/mol. The minimum Gasteiger partial charge on any atom is -0.380 e. The van der Waals surface area contributed by atoms with E-state index in [0.717, 1.165) is 106 Å². The lowest BCUT2D eigenvalue weighted by atomic mass is 9.73. The number of carbonyl (C=O) groups excluding carboxylic acids is 1. The summed E-state index contributed by atoms with van der Waals surface area (Å²) >= 11 is 7.67. The van der Waals surface area contributed by atoms with E-state index in [1.54, 1.807) is 24.3 Å². The van der Waals surface area contributed by atoms with Crippen LogP contribution in [0.3, 0.4) is 0 Å². The summed E-state index contributed by atoms with van der Waals surface area (Å²) in [5.41, 5.74) is -0.769. The number of sulfone groups is 2. The smallest absolute Gasteiger partial charge is 0.380 e. The second-order valence-electron chi connectivity index (χ2n) is 18.4. The van der Waals surface area contributed by atoms with Crippen molar-refractivity contribution >= 4 is 65.8 Å². The lowest BCUT2D eigenvalue weighted by molar-refractivity contribution is -0.0435. The van der Waals surface area contributed by atoms with Gasteiger partial charge in [-0.25, -0.2) is 16.8 Å². The SMILES string of the molecule is C.CN1CCN(CC[C@H](CSc2ccccc2)Nc2ccc(S(=O)(=O)CC(=O)c3ccc(N4CCN(CC5=C(c6ccc(Cl)cc6)CCC(C)(C)C5)CC4)cc3)cc2S(=O)(=O)C(F)(F)F)CC1. The number of allylic oxidation sites excluding steroid dienone is 1. The number of piperazine rings is 2. The number of ketones is 1. The van der Waals surface area contributed by atoms with E-state index < -0.39 is 52.6 Å². The highest BCUT2D eigenvalue weighted by atomic mass is 35.5. The summed E-state index contributed by atoms with van der Waals surface area (Å²) < 4.78 is 96.4. The largest absolute Gasteiger partial charge is 0.501 e. The molecule has 3 aliphatic rings. The summed E-state index contributed by atoms with van der Waals surface area (Å²) in [5, 5.41) is 3.76. The molecule has 2 fully saturated rings. The molecule has 0 unspecified atom stereocenters. The Balaban J connectivity index is 0.00000741. The van der Waals surface area contributed by atoms with Crippen LogP contribution in [0.4, 0.5) is 24.5 Å². The van der Waals surface area contributed by atoms with Gasteiger partial charge in [0.1, 0.15) is 10.6 Å². The van der Waals surface area contributed by atoms with Crippen LogP contribution in [0.5, 0.6) is 0 Å². The Kier molecular flexibility index (Phi) is 17.4. The van der Waals surface area contributed by atoms with Gasteiger partial charge in [-0.3, -0.25) is 9.69 Å². The number of anilines is 2. The minimum absolute atomic E-state index is 0. The Morgan fingerprint density at radius 1 is 0.836 bits per heavy atom. The molecular formula is C50H63ClF3N5O5S3. The van der Waals surface area contributed by atoms with Crippen LogP contribution < -0.4 is 10.2 Å². The Bertz CT molecular complexity index is 2560. The number of Topliss-reactive ketones (excluding diaryl/α,β-unsaturated/α-hetero) is 1. The number of hydrogen-bond acceptors (Lipinski definition) is 11. The Labute approximate surface area is 404 Å². The van der Waals surface area contributed by atoms with Crippen LogP contribution in [-0.2, 0) is 19.7 Å². The zero-order valence-corrected chi connectivity index (χ0v) is 40.9. The van der Waals surface area contributed by atoms with Gasteiger partial charge in [0, 0.05) is 98.4 Å². The predicted octanol–water partition coefficient (Wildman–Crippen LogP) is 9.92. The van der Waals surface area contributed by atoms with Crippen molar-refractivity contribution in [3.8, 4) is 0 Å². The lowest BCUT2D eigenvalue weighted by Crippen LogP contribution is -2.47. The molecule has 1 aliphatic carbocycles. The zero-order valence-electron chi connectivity index (χ0n) is 37.7. The highest BCUT2D eigenvalue weighted by molar-refractivity contribution is 7.99. The predicted molar refractivity (Wildman–Crippen MR) is 267 cm³/mol. The van der Waals surface area contributed by atoms with Crippen LogP contribution in [0, 0.1) is 5.41 Å². The molecule has 10 nitrogen and oxygen atoms in total. The van der Waals surface area contributed by atoms with Crippen LogP contribution in [0.25, 0.3) is 5.57 Å². The Hall–Kier alpha value is -3.90. The molecule has 1 atom stereocenters. The number of benzene rings is 4. The highest BCUT2D eigenvalue weighted by Gasteiger charge is 2.48. The fraction of sp³-hybridized carbons (Fsp3) is 0.460. The fourth-order valence-electron chi connectivity index (χ4n) is 8.90. The molecule has 4 aromatic rings. The van der Waals surface area contributed by atoms with E-state index in [9.17, 15) is 34.8 Å². The maximum atomic E-state index is 14.2. The first-order chi connectivity index (χ1) is 31.3. The first kappa shape index (κ1) is 52.5. The molecule has 67 heavy (non-hydrogen) atoms. The number of thioether (sulfide) groups is 1. The molecule has 0 spiro atoms. The van der Waals surface area contributed by atoms with Gasteiger partial charge < -0.3 is 20.0 Å². The van der Waals surface area contributed by atoms with Gasteiger partial charge in [0.15, 0.2) is 15.6 Å². The van der Waals surface area contributed by atoms with E-state index in [2.05, 4.69) is 50.9 Å². The molecule has 0 radical (unpaired) electrons. The summed E-state index contributed by atoms with van der Waals surface area (Å²) in [4.78, 5) is 21.7. The second-order valence-corrected chi connectivity index (χ2v) is 23.9. The summed E-state index contributed by atoms with van der Waals surface area (Å²) in [6.45, 7) is 12.7. The first-order valence-electron chi connectivity index (χ1n) is 22.4. The third-order valence-electron chi connectivity index (χ3n) is 12.9. The second kappa shape index (κ2) is 22.2. The zero-order chi connectivity index (χ0) is 47.3. The summed E-state index contributed by atoms with van der Waals surface area (Å²) in [6, 6.07) is 26.4. The van der Waals surface area contributed by atoms with Crippen LogP contribution in [0.15, 0.2) is 117 Å². The van der Waals surface area contributed by atoms with Crippen LogP contribution >= 0.6 is 23.4 Å². The van der Waals surface area contributed by atoms with E-state index in [4.69, 9.17) is 11.6 Å². The third kappa shape index (κ3) is 13.7. The molecule has 2 saturated heterocycles. The van der Waals surface area contributed by atoms with E-state index in [-0.39, 0.29) is 24.1 Å². The van der Waals surface area contributed by atoms with Crippen molar-refractivity contribution < 1.29 is 34.8 Å². The summed E-state index contributed by atoms with van der Waals surface area (Å²) in [5.74, 6) is -1.43. The van der Waals surface area contributed by atoms with Crippen molar-refractivity contribution in [2.75, 3.05) is 94.2 Å². The molecule has 4 aromatic carbocycles. The highest BCUT2D eigenvalue weighted by Crippen LogP contribution is 2.43. The number of carbonyl (C=O) groups is 1. The fourth-order valence-corrected chi connectivity index (χ4v) is 12.3. The van der Waals surface area contributed by atoms with Crippen molar-refractivity contribution in [3.63, 3.8) is 0 Å². The van der Waals surface area contributed by atoms with E-state index in [0.29, 0.717) is 24.8 Å².